The number of amides is 1. The minimum Gasteiger partial charge on any atom is -0.327 e. The first-order valence-electron chi connectivity index (χ1n) is 6.20. The molecule has 2 heterocycles. The van der Waals surface area contributed by atoms with E-state index in [-0.39, 0.29) is 11.8 Å². The van der Waals surface area contributed by atoms with Crippen molar-refractivity contribution in [2.75, 3.05) is 33.2 Å². The first-order chi connectivity index (χ1) is 8.17. The summed E-state index contributed by atoms with van der Waals surface area (Å²) in [6, 6.07) is 0. The average Bonchev–Trinajstić information content (AvgIpc) is 2.78. The number of rotatable bonds is 3. The molecule has 2 fully saturated rings. The normalized spacial score (nSPS) is 30.6. The Hall–Kier alpha value is -1.13. The number of nitrogens with two attached hydrogens (primary N) is 1. The minimum absolute atomic E-state index is 0.187. The fraction of sp³-hybridized carbons (Fsp3) is 0.615. The van der Waals surface area contributed by atoms with Crippen molar-refractivity contribution >= 4 is 5.91 Å². The lowest BCUT2D eigenvalue weighted by Crippen LogP contribution is -2.30. The van der Waals surface area contributed by atoms with Crippen LogP contribution in [0, 0.1) is 11.8 Å². The van der Waals surface area contributed by atoms with Gasteiger partial charge < -0.3 is 15.5 Å². The quantitative estimate of drug-likeness (QED) is 0.722. The van der Waals surface area contributed by atoms with E-state index in [1.165, 1.54) is 0 Å². The fourth-order valence-electron chi connectivity index (χ4n) is 2.87. The Balaban J connectivity index is 2.14. The Morgan fingerprint density at radius 1 is 1.47 bits per heavy atom. The molecule has 0 bridgehead atoms. The smallest absolute Gasteiger partial charge is 0.231 e. The van der Waals surface area contributed by atoms with Crippen molar-refractivity contribution in [3.63, 3.8) is 0 Å². The van der Waals surface area contributed by atoms with Gasteiger partial charge in [0, 0.05) is 37.8 Å². The molecule has 2 rings (SSSR count). The van der Waals surface area contributed by atoms with E-state index < -0.39 is 0 Å². The van der Waals surface area contributed by atoms with Crippen LogP contribution in [0.3, 0.4) is 0 Å². The van der Waals surface area contributed by atoms with Gasteiger partial charge >= 0.3 is 0 Å². The highest BCUT2D eigenvalue weighted by Crippen LogP contribution is 2.33. The second kappa shape index (κ2) is 5.02. The lowest BCUT2D eigenvalue weighted by Gasteiger charge is -2.20. The number of carbonyl (C=O) groups is 1. The summed E-state index contributed by atoms with van der Waals surface area (Å²) in [7, 11) is 2.08. The highest BCUT2D eigenvalue weighted by Gasteiger charge is 2.45. The molecule has 0 aromatic heterocycles. The predicted molar refractivity (Wildman–Crippen MR) is 68.1 cm³/mol. The molecular formula is C13H21N3O. The van der Waals surface area contributed by atoms with Crippen molar-refractivity contribution < 1.29 is 4.79 Å². The van der Waals surface area contributed by atoms with E-state index in [0.29, 0.717) is 12.5 Å². The molecule has 0 spiro atoms. The topological polar surface area (TPSA) is 49.6 Å². The molecule has 2 aliphatic rings. The maximum Gasteiger partial charge on any atom is 0.231 e. The molecule has 1 amide bonds. The molecule has 2 N–H and O–H groups in total. The third-order valence-electron chi connectivity index (χ3n) is 3.60. The average molecular weight is 235 g/mol. The Kier molecular flexibility index (Phi) is 3.64. The van der Waals surface area contributed by atoms with Gasteiger partial charge in [0.05, 0.1) is 5.92 Å². The Bertz CT molecular complexity index is 362. The number of hydrogen-bond donors (Lipinski definition) is 1. The standard InChI is InChI=1S/C13H21N3O/c1-3-4-11(5-6-14)16-8-10-7-15(2)9-12(10)13(16)17/h3-5,10,12H,6-9,14H2,1-2H3/b4-3-,11-5?/t10-,12-/m0/s1. The third-order valence-corrected chi connectivity index (χ3v) is 3.60. The molecular weight excluding hydrogens is 214 g/mol. The van der Waals surface area contributed by atoms with Gasteiger partial charge in [-0.25, -0.2) is 0 Å². The van der Waals surface area contributed by atoms with E-state index in [1.54, 1.807) is 0 Å². The Morgan fingerprint density at radius 2 is 2.24 bits per heavy atom. The van der Waals surface area contributed by atoms with Crippen LogP contribution in [0.4, 0.5) is 0 Å². The molecule has 0 unspecified atom stereocenters. The molecule has 94 valence electrons. The van der Waals surface area contributed by atoms with E-state index in [4.69, 9.17) is 5.73 Å². The van der Waals surface area contributed by atoms with E-state index in [9.17, 15) is 4.79 Å². The SMILES string of the molecule is C/C=C\C(=CCN)N1C[C@@H]2CN(C)C[C@@H]2C1=O. The first kappa shape index (κ1) is 12.3. The number of carbonyl (C=O) groups excluding carboxylic acids is 1. The van der Waals surface area contributed by atoms with Crippen LogP contribution in [0.2, 0.25) is 0 Å². The van der Waals surface area contributed by atoms with E-state index >= 15 is 0 Å². The number of nitrogens with zero attached hydrogens (tertiary/aromatic N) is 2. The van der Waals surface area contributed by atoms with Crippen LogP contribution in [0.25, 0.3) is 0 Å². The highest BCUT2D eigenvalue weighted by atomic mass is 16.2. The minimum atomic E-state index is 0.187. The monoisotopic (exact) mass is 235 g/mol. The van der Waals surface area contributed by atoms with Gasteiger partial charge in [0.25, 0.3) is 0 Å². The van der Waals surface area contributed by atoms with E-state index in [0.717, 1.165) is 25.3 Å². The predicted octanol–water partition coefficient (Wildman–Crippen LogP) is 0.425. The Morgan fingerprint density at radius 3 is 2.82 bits per heavy atom. The lowest BCUT2D eigenvalue weighted by molar-refractivity contribution is -0.129. The van der Waals surface area contributed by atoms with Crippen LogP contribution in [-0.4, -0.2) is 48.9 Å². The van der Waals surface area contributed by atoms with E-state index in [2.05, 4.69) is 11.9 Å². The molecule has 4 nitrogen and oxygen atoms in total. The van der Waals surface area contributed by atoms with Crippen LogP contribution >= 0.6 is 0 Å². The third kappa shape index (κ3) is 2.28. The van der Waals surface area contributed by atoms with Crippen molar-refractivity contribution in [3.8, 4) is 0 Å². The number of allylic oxidation sites excluding steroid dienone is 2. The van der Waals surface area contributed by atoms with Gasteiger partial charge in [0.1, 0.15) is 0 Å². The summed E-state index contributed by atoms with van der Waals surface area (Å²) in [6.07, 6.45) is 5.84. The van der Waals surface area contributed by atoms with Gasteiger partial charge in [-0.3, -0.25) is 4.79 Å². The van der Waals surface area contributed by atoms with Crippen LogP contribution in [0.1, 0.15) is 6.92 Å². The molecule has 2 aliphatic heterocycles. The number of likely N-dealkylation sites (tertiary alicyclic amines) is 2. The molecule has 0 radical (unpaired) electrons. The molecule has 2 saturated heterocycles. The van der Waals surface area contributed by atoms with Gasteiger partial charge in [0.2, 0.25) is 5.91 Å². The van der Waals surface area contributed by atoms with Crippen LogP contribution in [-0.2, 0) is 4.79 Å². The Labute approximate surface area is 103 Å². The molecule has 4 heteroatoms. The van der Waals surface area contributed by atoms with Crippen LogP contribution < -0.4 is 5.73 Å². The van der Waals surface area contributed by atoms with Crippen LogP contribution in [0.5, 0.6) is 0 Å². The zero-order valence-electron chi connectivity index (χ0n) is 10.6. The molecule has 2 atom stereocenters. The number of hydrogen-bond acceptors (Lipinski definition) is 3. The molecule has 0 aromatic carbocycles. The van der Waals surface area contributed by atoms with Crippen molar-refractivity contribution in [3.05, 3.63) is 23.9 Å². The first-order valence-corrected chi connectivity index (χ1v) is 6.20. The molecule has 17 heavy (non-hydrogen) atoms. The van der Waals surface area contributed by atoms with Gasteiger partial charge in [-0.1, -0.05) is 6.08 Å². The van der Waals surface area contributed by atoms with Gasteiger partial charge in [-0.2, -0.15) is 0 Å². The fourth-order valence-corrected chi connectivity index (χ4v) is 2.87. The maximum absolute atomic E-state index is 12.3. The molecule has 0 aromatic rings. The lowest BCUT2D eigenvalue weighted by atomic mass is 10.0. The maximum atomic E-state index is 12.3. The van der Waals surface area contributed by atoms with Crippen molar-refractivity contribution in [2.45, 2.75) is 6.92 Å². The van der Waals surface area contributed by atoms with Gasteiger partial charge in [-0.05, 0) is 26.1 Å². The second-order valence-electron chi connectivity index (χ2n) is 4.90. The summed E-state index contributed by atoms with van der Waals surface area (Å²) in [5.41, 5.74) is 6.51. The highest BCUT2D eigenvalue weighted by molar-refractivity contribution is 5.84. The van der Waals surface area contributed by atoms with Crippen molar-refractivity contribution in [1.82, 2.24) is 9.80 Å². The van der Waals surface area contributed by atoms with E-state index in [1.807, 2.05) is 30.1 Å². The summed E-state index contributed by atoms with van der Waals surface area (Å²) in [5.74, 6) is 0.933. The summed E-state index contributed by atoms with van der Waals surface area (Å²) in [5, 5.41) is 0. The zero-order chi connectivity index (χ0) is 12.4. The molecule has 0 aliphatic carbocycles. The second-order valence-corrected chi connectivity index (χ2v) is 4.90. The van der Waals surface area contributed by atoms with Crippen LogP contribution in [0.15, 0.2) is 23.9 Å². The van der Waals surface area contributed by atoms with Gasteiger partial charge in [-0.15, -0.1) is 0 Å². The van der Waals surface area contributed by atoms with Crippen molar-refractivity contribution in [1.29, 1.82) is 0 Å². The summed E-state index contributed by atoms with van der Waals surface area (Å²) in [4.78, 5) is 16.4. The van der Waals surface area contributed by atoms with Gasteiger partial charge in [0.15, 0.2) is 0 Å². The summed E-state index contributed by atoms with van der Waals surface area (Å²) in [6.45, 7) is 5.19. The largest absolute Gasteiger partial charge is 0.327 e. The van der Waals surface area contributed by atoms with Crippen molar-refractivity contribution in [2.24, 2.45) is 17.6 Å². The summed E-state index contributed by atoms with van der Waals surface area (Å²) < 4.78 is 0. The molecule has 0 saturated carbocycles. The zero-order valence-corrected chi connectivity index (χ0v) is 10.6. The number of fused-ring (bicyclic) bond motifs is 1. The summed E-state index contributed by atoms with van der Waals surface area (Å²) >= 11 is 0.